The molecular weight excluding hydrogens is 176 g/mol. The molecule has 0 radical (unpaired) electrons. The van der Waals surface area contributed by atoms with Crippen LogP contribution in [-0.2, 0) is 0 Å². The molecule has 0 aliphatic carbocycles. The highest BCUT2D eigenvalue weighted by molar-refractivity contribution is 5.53. The number of hydrogen-bond acceptors (Lipinski definition) is 2. The summed E-state index contributed by atoms with van der Waals surface area (Å²) in [6.45, 7) is 1.36. The van der Waals surface area contributed by atoms with Crippen molar-refractivity contribution in [2.45, 2.75) is 6.42 Å². The molecule has 1 aromatic rings. The summed E-state index contributed by atoms with van der Waals surface area (Å²) in [5.41, 5.74) is -0.0240. The summed E-state index contributed by atoms with van der Waals surface area (Å²) in [6.07, 6.45) is 0.958. The number of halogens is 2. The van der Waals surface area contributed by atoms with Crippen molar-refractivity contribution in [2.75, 3.05) is 18.0 Å². The quantitative estimate of drug-likeness (QED) is 0.722. The van der Waals surface area contributed by atoms with Gasteiger partial charge in [-0.15, -0.1) is 0 Å². The predicted octanol–water partition coefficient (Wildman–Crippen LogP) is 1.88. The smallest absolute Gasteiger partial charge is 0.153 e. The highest BCUT2D eigenvalue weighted by atomic mass is 19.1. The van der Waals surface area contributed by atoms with Crippen LogP contribution >= 0.6 is 0 Å². The van der Waals surface area contributed by atoms with Gasteiger partial charge in [0.25, 0.3) is 0 Å². The molecule has 0 bridgehead atoms. The fourth-order valence-corrected chi connectivity index (χ4v) is 1.39. The van der Waals surface area contributed by atoms with E-state index in [0.29, 0.717) is 13.1 Å². The Hall–Kier alpha value is -1.32. The third kappa shape index (κ3) is 1.32. The molecule has 1 N–H and O–H groups in total. The third-order valence-corrected chi connectivity index (χ3v) is 2.17. The first kappa shape index (κ1) is 8.29. The van der Waals surface area contributed by atoms with Gasteiger partial charge in [-0.05, 0) is 6.42 Å². The number of aromatic hydroxyl groups is 1. The fraction of sp³-hybridized carbons (Fsp3) is 0.333. The van der Waals surface area contributed by atoms with Gasteiger partial charge in [-0.2, -0.15) is 0 Å². The lowest BCUT2D eigenvalue weighted by atomic mass is 10.1. The van der Waals surface area contributed by atoms with Crippen LogP contribution in [0.4, 0.5) is 14.5 Å². The van der Waals surface area contributed by atoms with Crippen LogP contribution in [0.25, 0.3) is 0 Å². The molecule has 1 saturated heterocycles. The van der Waals surface area contributed by atoms with Crippen LogP contribution in [-0.4, -0.2) is 18.2 Å². The van der Waals surface area contributed by atoms with Crippen LogP contribution < -0.4 is 4.90 Å². The summed E-state index contributed by atoms with van der Waals surface area (Å²) in [5, 5.41) is 8.89. The van der Waals surface area contributed by atoms with Gasteiger partial charge in [0.15, 0.2) is 11.6 Å². The van der Waals surface area contributed by atoms with Crippen molar-refractivity contribution in [3.63, 3.8) is 0 Å². The SMILES string of the molecule is Oc1cc(F)c(N2CCC2)c(F)c1. The Morgan fingerprint density at radius 3 is 2.08 bits per heavy atom. The van der Waals surface area contributed by atoms with E-state index in [1.54, 1.807) is 4.90 Å². The Balaban J connectivity index is 2.43. The topological polar surface area (TPSA) is 23.5 Å². The second kappa shape index (κ2) is 2.87. The average molecular weight is 185 g/mol. The van der Waals surface area contributed by atoms with Gasteiger partial charge in [-0.1, -0.05) is 0 Å². The molecule has 13 heavy (non-hydrogen) atoms. The van der Waals surface area contributed by atoms with Crippen molar-refractivity contribution in [2.24, 2.45) is 0 Å². The van der Waals surface area contributed by atoms with Crippen molar-refractivity contribution in [1.82, 2.24) is 0 Å². The lowest BCUT2D eigenvalue weighted by Gasteiger charge is -2.33. The molecule has 0 atom stereocenters. The van der Waals surface area contributed by atoms with E-state index in [1.807, 2.05) is 0 Å². The number of benzene rings is 1. The van der Waals surface area contributed by atoms with Gasteiger partial charge in [-0.25, -0.2) is 8.78 Å². The molecule has 2 nitrogen and oxygen atoms in total. The van der Waals surface area contributed by atoms with Gasteiger partial charge in [0.1, 0.15) is 11.4 Å². The zero-order chi connectivity index (χ0) is 9.42. The average Bonchev–Trinajstić information content (AvgIpc) is 1.92. The monoisotopic (exact) mass is 185 g/mol. The van der Waals surface area contributed by atoms with Gasteiger partial charge in [0.2, 0.25) is 0 Å². The normalized spacial score (nSPS) is 15.7. The number of nitrogens with zero attached hydrogens (tertiary/aromatic N) is 1. The maximum absolute atomic E-state index is 13.1. The summed E-state index contributed by atoms with van der Waals surface area (Å²) in [6, 6.07) is 1.85. The fourth-order valence-electron chi connectivity index (χ4n) is 1.39. The highest BCUT2D eigenvalue weighted by Crippen LogP contribution is 2.30. The molecule has 1 heterocycles. The van der Waals surface area contributed by atoms with E-state index in [9.17, 15) is 8.78 Å². The van der Waals surface area contributed by atoms with E-state index in [4.69, 9.17) is 5.11 Å². The molecule has 1 aliphatic rings. The number of phenols is 1. The third-order valence-electron chi connectivity index (χ3n) is 2.17. The van der Waals surface area contributed by atoms with Crippen molar-refractivity contribution in [3.8, 4) is 5.75 Å². The van der Waals surface area contributed by atoms with Crippen molar-refractivity contribution in [3.05, 3.63) is 23.8 Å². The van der Waals surface area contributed by atoms with Crippen LogP contribution in [0.2, 0.25) is 0 Å². The first-order valence-electron chi connectivity index (χ1n) is 4.11. The molecule has 4 heteroatoms. The lowest BCUT2D eigenvalue weighted by Crippen LogP contribution is -2.38. The van der Waals surface area contributed by atoms with Crippen LogP contribution in [0.3, 0.4) is 0 Å². The minimum absolute atomic E-state index is 0.0240. The van der Waals surface area contributed by atoms with E-state index < -0.39 is 11.6 Å². The van der Waals surface area contributed by atoms with E-state index in [2.05, 4.69) is 0 Å². The predicted molar refractivity (Wildman–Crippen MR) is 44.9 cm³/mol. The van der Waals surface area contributed by atoms with Gasteiger partial charge >= 0.3 is 0 Å². The molecule has 1 fully saturated rings. The van der Waals surface area contributed by atoms with Crippen LogP contribution in [0.5, 0.6) is 5.75 Å². The van der Waals surface area contributed by atoms with Gasteiger partial charge < -0.3 is 10.0 Å². The van der Waals surface area contributed by atoms with Crippen LogP contribution in [0, 0.1) is 11.6 Å². The molecule has 0 spiro atoms. The van der Waals surface area contributed by atoms with Crippen molar-refractivity contribution < 1.29 is 13.9 Å². The summed E-state index contributed by atoms with van der Waals surface area (Å²) in [4.78, 5) is 1.62. The molecular formula is C9H9F2NO. The highest BCUT2D eigenvalue weighted by Gasteiger charge is 2.22. The first-order chi connectivity index (χ1) is 6.18. The summed E-state index contributed by atoms with van der Waals surface area (Å²) in [7, 11) is 0. The minimum Gasteiger partial charge on any atom is -0.508 e. The second-order valence-electron chi connectivity index (χ2n) is 3.10. The number of hydrogen-bond donors (Lipinski definition) is 1. The number of phenolic OH excluding ortho intramolecular Hbond substituents is 1. The Bertz CT molecular complexity index is 313. The molecule has 70 valence electrons. The lowest BCUT2D eigenvalue weighted by molar-refractivity contribution is 0.457. The zero-order valence-corrected chi connectivity index (χ0v) is 6.93. The molecule has 0 aromatic heterocycles. The van der Waals surface area contributed by atoms with Gasteiger partial charge in [-0.3, -0.25) is 0 Å². The Kier molecular flexibility index (Phi) is 1.83. The van der Waals surface area contributed by atoms with E-state index >= 15 is 0 Å². The molecule has 1 aromatic carbocycles. The number of anilines is 1. The molecule has 2 rings (SSSR count). The first-order valence-corrected chi connectivity index (χ1v) is 4.11. The maximum atomic E-state index is 13.1. The molecule has 1 aliphatic heterocycles. The Labute approximate surface area is 74.4 Å². The van der Waals surface area contributed by atoms with Crippen molar-refractivity contribution >= 4 is 5.69 Å². The Morgan fingerprint density at radius 1 is 1.15 bits per heavy atom. The van der Waals surface area contributed by atoms with E-state index in [0.717, 1.165) is 18.6 Å². The van der Waals surface area contributed by atoms with Crippen LogP contribution in [0.15, 0.2) is 12.1 Å². The second-order valence-corrected chi connectivity index (χ2v) is 3.10. The molecule has 0 unspecified atom stereocenters. The van der Waals surface area contributed by atoms with Gasteiger partial charge in [0, 0.05) is 25.2 Å². The van der Waals surface area contributed by atoms with Gasteiger partial charge in [0.05, 0.1) is 0 Å². The minimum atomic E-state index is -0.697. The summed E-state index contributed by atoms with van der Waals surface area (Å²) in [5.74, 6) is -1.77. The van der Waals surface area contributed by atoms with Crippen LogP contribution in [0.1, 0.15) is 6.42 Å². The largest absolute Gasteiger partial charge is 0.508 e. The zero-order valence-electron chi connectivity index (χ0n) is 6.93. The van der Waals surface area contributed by atoms with E-state index in [-0.39, 0.29) is 11.4 Å². The van der Waals surface area contributed by atoms with Crippen molar-refractivity contribution in [1.29, 1.82) is 0 Å². The Morgan fingerprint density at radius 2 is 1.69 bits per heavy atom. The summed E-state index contributed by atoms with van der Waals surface area (Å²) >= 11 is 0. The molecule has 0 saturated carbocycles. The van der Waals surface area contributed by atoms with E-state index in [1.165, 1.54) is 0 Å². The maximum Gasteiger partial charge on any atom is 0.153 e. The number of rotatable bonds is 1. The molecule has 0 amide bonds. The summed E-state index contributed by atoms with van der Waals surface area (Å²) < 4.78 is 26.3. The standard InChI is InChI=1S/C9H9F2NO/c10-7-4-6(13)5-8(11)9(7)12-2-1-3-12/h4-5,13H,1-3H2.